The van der Waals surface area contributed by atoms with Gasteiger partial charge in [-0.15, -0.1) is 0 Å². The Labute approximate surface area is 230 Å². The van der Waals surface area contributed by atoms with Crippen LogP contribution in [0.3, 0.4) is 0 Å². The quantitative estimate of drug-likeness (QED) is 0.198. The molecule has 3 aromatic carbocycles. The number of fused-ring (bicyclic) bond motifs is 3. The number of carbonyl (C=O) groups is 1. The van der Waals surface area contributed by atoms with Crippen LogP contribution in [-0.2, 0) is 6.18 Å². The monoisotopic (exact) mass is 573 g/mol. The van der Waals surface area contributed by atoms with Gasteiger partial charge in [-0.3, -0.25) is 4.79 Å². The summed E-state index contributed by atoms with van der Waals surface area (Å²) in [4.78, 5) is 18.2. The zero-order valence-corrected chi connectivity index (χ0v) is 21.4. The number of aromatic nitrogens is 1. The van der Waals surface area contributed by atoms with E-state index in [1.54, 1.807) is 17.2 Å². The van der Waals surface area contributed by atoms with E-state index in [1.165, 1.54) is 18.2 Å². The molecule has 1 fully saturated rings. The van der Waals surface area contributed by atoms with E-state index >= 15 is 0 Å². The minimum Gasteiger partial charge on any atom is -0.374 e. The Kier molecular flexibility index (Phi) is 6.35. The van der Waals surface area contributed by atoms with Crippen molar-refractivity contribution < 1.29 is 31.9 Å². The van der Waals surface area contributed by atoms with E-state index in [9.17, 15) is 31.9 Å². The first-order valence-electron chi connectivity index (χ1n) is 12.5. The maximum atomic E-state index is 14.4. The molecule has 1 aliphatic heterocycles. The number of amides is 1. The summed E-state index contributed by atoms with van der Waals surface area (Å²) in [6.45, 7) is 0.547. The second-order valence-electron chi connectivity index (χ2n) is 9.86. The van der Waals surface area contributed by atoms with E-state index in [1.807, 2.05) is 12.1 Å². The van der Waals surface area contributed by atoms with Crippen LogP contribution in [0, 0.1) is 11.6 Å². The van der Waals surface area contributed by atoms with Gasteiger partial charge in [-0.1, -0.05) is 11.6 Å². The molecule has 5 nitrogen and oxygen atoms in total. The van der Waals surface area contributed by atoms with Crippen molar-refractivity contribution in [1.29, 1.82) is 0 Å². The predicted molar refractivity (Wildman–Crippen MR) is 141 cm³/mol. The van der Waals surface area contributed by atoms with Crippen LogP contribution in [0.15, 0.2) is 60.8 Å². The van der Waals surface area contributed by atoms with Crippen LogP contribution in [0.5, 0.6) is 0 Å². The van der Waals surface area contributed by atoms with Crippen LogP contribution in [0.4, 0.5) is 33.3 Å². The Morgan fingerprint density at radius 2 is 1.82 bits per heavy atom. The lowest BCUT2D eigenvalue weighted by molar-refractivity contribution is -0.137. The van der Waals surface area contributed by atoms with E-state index in [0.717, 1.165) is 18.1 Å². The largest absolute Gasteiger partial charge is 0.416 e. The van der Waals surface area contributed by atoms with Crippen molar-refractivity contribution in [1.82, 2.24) is 4.98 Å². The lowest BCUT2D eigenvalue weighted by Crippen LogP contribution is -2.28. The third-order valence-corrected chi connectivity index (χ3v) is 7.71. The molecule has 6 rings (SSSR count). The molecule has 1 saturated heterocycles. The van der Waals surface area contributed by atoms with Gasteiger partial charge < -0.3 is 20.3 Å². The summed E-state index contributed by atoms with van der Waals surface area (Å²) in [6, 6.07) is 10.8. The zero-order valence-electron chi connectivity index (χ0n) is 20.6. The van der Waals surface area contributed by atoms with Gasteiger partial charge >= 0.3 is 6.18 Å². The molecular formula is C29H21ClF5N3O2. The van der Waals surface area contributed by atoms with Crippen LogP contribution < -0.4 is 10.2 Å². The molecule has 40 heavy (non-hydrogen) atoms. The number of hydrogen-bond donors (Lipinski definition) is 3. The number of aliphatic hydroxyl groups is 1. The minimum absolute atomic E-state index is 0.212. The summed E-state index contributed by atoms with van der Waals surface area (Å²) >= 11 is 6.50. The van der Waals surface area contributed by atoms with Gasteiger partial charge in [0.05, 0.1) is 11.5 Å². The number of alkyl halides is 3. The summed E-state index contributed by atoms with van der Waals surface area (Å²) in [5.74, 6) is -3.36. The third-order valence-electron chi connectivity index (χ3n) is 7.37. The van der Waals surface area contributed by atoms with Crippen LogP contribution in [0.1, 0.15) is 51.5 Å². The standard InChI is InChI=1S/C29H21ClF5N3O2/c30-22-4-3-16(31)11-21(22)26-25-20(19-5-6-36-27(19)26)12-18(38-7-1-2-24(38)39)13-23(25)37-28(40)14-8-15(29(33,34)35)10-17(32)9-14/h3-6,8-13,24,26,36,39H,1-2,7H2,(H,37,40). The van der Waals surface area contributed by atoms with Gasteiger partial charge in [-0.05, 0) is 84.1 Å². The first kappa shape index (κ1) is 26.3. The zero-order chi connectivity index (χ0) is 28.3. The topological polar surface area (TPSA) is 68.4 Å². The number of aliphatic hydroxyl groups excluding tert-OH is 1. The van der Waals surface area contributed by atoms with Gasteiger partial charge in [-0.25, -0.2) is 8.78 Å². The number of hydrogen-bond acceptors (Lipinski definition) is 3. The second-order valence-corrected chi connectivity index (χ2v) is 10.3. The molecule has 2 heterocycles. The average Bonchev–Trinajstić information content (AvgIpc) is 3.61. The van der Waals surface area contributed by atoms with E-state index in [2.05, 4.69) is 10.3 Å². The number of H-pyrrole nitrogens is 1. The van der Waals surface area contributed by atoms with Gasteiger partial charge in [0.25, 0.3) is 5.91 Å². The maximum Gasteiger partial charge on any atom is 0.416 e. The predicted octanol–water partition coefficient (Wildman–Crippen LogP) is 7.30. The Hall–Kier alpha value is -3.89. The number of rotatable bonds is 4. The lowest BCUT2D eigenvalue weighted by Gasteiger charge is -2.26. The normalized spacial score (nSPS) is 18.1. The van der Waals surface area contributed by atoms with E-state index in [0.29, 0.717) is 53.2 Å². The first-order valence-corrected chi connectivity index (χ1v) is 12.8. The molecule has 2 atom stereocenters. The van der Waals surface area contributed by atoms with Crippen molar-refractivity contribution in [2.75, 3.05) is 16.8 Å². The highest BCUT2D eigenvalue weighted by Crippen LogP contribution is 2.53. The Morgan fingerprint density at radius 3 is 2.55 bits per heavy atom. The Morgan fingerprint density at radius 1 is 1.02 bits per heavy atom. The average molecular weight is 574 g/mol. The number of aromatic amines is 1. The minimum atomic E-state index is -4.86. The summed E-state index contributed by atoms with van der Waals surface area (Å²) in [7, 11) is 0. The van der Waals surface area contributed by atoms with E-state index < -0.39 is 47.0 Å². The molecule has 0 bridgehead atoms. The molecule has 206 valence electrons. The molecule has 0 saturated carbocycles. The molecule has 0 spiro atoms. The van der Waals surface area contributed by atoms with Gasteiger partial charge in [0, 0.05) is 46.0 Å². The molecule has 11 heteroatoms. The highest BCUT2D eigenvalue weighted by Gasteiger charge is 2.37. The molecule has 3 N–H and O–H groups in total. The van der Waals surface area contributed by atoms with Crippen molar-refractivity contribution in [3.8, 4) is 11.1 Å². The van der Waals surface area contributed by atoms with Crippen LogP contribution >= 0.6 is 11.6 Å². The summed E-state index contributed by atoms with van der Waals surface area (Å²) in [5.41, 5.74) is 2.03. The number of halogens is 6. The molecule has 4 aromatic rings. The van der Waals surface area contributed by atoms with Crippen molar-refractivity contribution in [3.63, 3.8) is 0 Å². The fourth-order valence-corrected chi connectivity index (χ4v) is 5.84. The van der Waals surface area contributed by atoms with Crippen LogP contribution in [-0.4, -0.2) is 28.8 Å². The molecule has 2 unspecified atom stereocenters. The summed E-state index contributed by atoms with van der Waals surface area (Å²) in [5, 5.41) is 13.5. The molecule has 1 aliphatic carbocycles. The number of nitrogens with one attached hydrogen (secondary N) is 2. The fourth-order valence-electron chi connectivity index (χ4n) is 5.62. The molecular weight excluding hydrogens is 553 g/mol. The number of carbonyl (C=O) groups excluding carboxylic acids is 1. The maximum absolute atomic E-state index is 14.4. The van der Waals surface area contributed by atoms with E-state index in [4.69, 9.17) is 11.6 Å². The lowest BCUT2D eigenvalue weighted by atomic mass is 9.90. The van der Waals surface area contributed by atoms with Crippen molar-refractivity contribution in [2.24, 2.45) is 0 Å². The highest BCUT2D eigenvalue weighted by molar-refractivity contribution is 6.31. The molecule has 2 aliphatic rings. The number of anilines is 2. The van der Waals surface area contributed by atoms with E-state index in [-0.39, 0.29) is 10.7 Å². The molecule has 1 amide bonds. The van der Waals surface area contributed by atoms with Crippen LogP contribution in [0.25, 0.3) is 11.1 Å². The first-order chi connectivity index (χ1) is 19.0. The van der Waals surface area contributed by atoms with Crippen molar-refractivity contribution >= 4 is 28.9 Å². The van der Waals surface area contributed by atoms with Gasteiger partial charge in [-0.2, -0.15) is 13.2 Å². The third kappa shape index (κ3) is 4.50. The van der Waals surface area contributed by atoms with Crippen LogP contribution in [0.2, 0.25) is 5.02 Å². The van der Waals surface area contributed by atoms with Gasteiger partial charge in [0.1, 0.15) is 17.9 Å². The summed E-state index contributed by atoms with van der Waals surface area (Å²) in [6.07, 6.45) is -2.62. The second kappa shape index (κ2) is 9.64. The Bertz CT molecular complexity index is 1650. The van der Waals surface area contributed by atoms with Crippen molar-refractivity contribution in [3.05, 3.63) is 105 Å². The van der Waals surface area contributed by atoms with Gasteiger partial charge in [0.15, 0.2) is 0 Å². The number of benzene rings is 3. The molecule has 1 aromatic heterocycles. The highest BCUT2D eigenvalue weighted by atomic mass is 35.5. The van der Waals surface area contributed by atoms with Gasteiger partial charge in [0.2, 0.25) is 0 Å². The molecule has 0 radical (unpaired) electrons. The fraction of sp³-hybridized carbons (Fsp3) is 0.207. The van der Waals surface area contributed by atoms with Crippen molar-refractivity contribution in [2.45, 2.75) is 31.2 Å². The smallest absolute Gasteiger partial charge is 0.374 e. The Balaban J connectivity index is 1.52. The SMILES string of the molecule is O=C(Nc1cc(N2CCCC2O)cc2c1C(c1cc(F)ccc1Cl)c1[nH]ccc1-2)c1cc(F)cc(C(F)(F)F)c1. The summed E-state index contributed by atoms with van der Waals surface area (Å²) < 4.78 is 68.5. The number of nitrogens with zero attached hydrogens (tertiary/aromatic N) is 1.